The van der Waals surface area contributed by atoms with Gasteiger partial charge in [-0.2, -0.15) is 0 Å². The molecule has 0 bridgehead atoms. The van der Waals surface area contributed by atoms with Crippen molar-refractivity contribution in [3.05, 3.63) is 71.3 Å². The van der Waals surface area contributed by atoms with Crippen LogP contribution in [0.4, 0.5) is 0 Å². The molecule has 2 aliphatic rings. The van der Waals surface area contributed by atoms with E-state index in [0.717, 1.165) is 24.8 Å². The number of likely N-dealkylation sites (tertiary alicyclic amines) is 1. The van der Waals surface area contributed by atoms with Crippen molar-refractivity contribution in [2.75, 3.05) is 20.1 Å². The van der Waals surface area contributed by atoms with Gasteiger partial charge in [0, 0.05) is 32.2 Å². The van der Waals surface area contributed by atoms with Crippen molar-refractivity contribution in [1.29, 1.82) is 0 Å². The minimum atomic E-state index is -0.380. The van der Waals surface area contributed by atoms with E-state index < -0.39 is 0 Å². The fraction of sp³-hybridized carbons (Fsp3) is 0.364. The van der Waals surface area contributed by atoms with Gasteiger partial charge in [0.15, 0.2) is 0 Å². The van der Waals surface area contributed by atoms with Gasteiger partial charge in [0.05, 0.1) is 5.41 Å². The molecule has 0 aliphatic carbocycles. The predicted molar refractivity (Wildman–Crippen MR) is 101 cm³/mol. The van der Waals surface area contributed by atoms with Crippen LogP contribution in [0.2, 0.25) is 0 Å². The van der Waals surface area contributed by atoms with E-state index in [1.807, 2.05) is 53.2 Å². The van der Waals surface area contributed by atoms with Gasteiger partial charge in [-0.15, -0.1) is 0 Å². The van der Waals surface area contributed by atoms with Crippen molar-refractivity contribution < 1.29 is 9.59 Å². The summed E-state index contributed by atoms with van der Waals surface area (Å²) in [5.74, 6) is 0.288. The third kappa shape index (κ3) is 2.90. The maximum Gasteiger partial charge on any atom is 0.253 e. The first kappa shape index (κ1) is 16.8. The lowest BCUT2D eigenvalue weighted by molar-refractivity contribution is -0.143. The molecule has 0 saturated carbocycles. The molecule has 1 fully saturated rings. The number of rotatable bonds is 1. The number of benzene rings is 2. The largest absolute Gasteiger partial charge is 0.341 e. The number of carbonyl (C=O) groups excluding carboxylic acids is 2. The average molecular weight is 348 g/mol. The molecule has 1 spiro atoms. The van der Waals surface area contributed by atoms with Crippen LogP contribution >= 0.6 is 0 Å². The highest BCUT2D eigenvalue weighted by Crippen LogP contribution is 2.40. The molecule has 4 heteroatoms. The molecule has 0 unspecified atom stereocenters. The summed E-state index contributed by atoms with van der Waals surface area (Å²) in [7, 11) is 1.90. The van der Waals surface area contributed by atoms with Crippen molar-refractivity contribution in [2.24, 2.45) is 5.41 Å². The monoisotopic (exact) mass is 348 g/mol. The van der Waals surface area contributed by atoms with Gasteiger partial charge >= 0.3 is 0 Å². The van der Waals surface area contributed by atoms with Crippen LogP contribution < -0.4 is 0 Å². The summed E-state index contributed by atoms with van der Waals surface area (Å²) in [6.07, 6.45) is 2.23. The van der Waals surface area contributed by atoms with Crippen LogP contribution in [0.5, 0.6) is 0 Å². The highest BCUT2D eigenvalue weighted by molar-refractivity contribution is 5.94. The molecular formula is C22H24N2O2. The molecule has 2 heterocycles. The van der Waals surface area contributed by atoms with Crippen LogP contribution in [0, 0.1) is 5.41 Å². The Labute approximate surface area is 154 Å². The van der Waals surface area contributed by atoms with E-state index in [1.165, 1.54) is 11.1 Å². The first-order valence-corrected chi connectivity index (χ1v) is 9.26. The minimum absolute atomic E-state index is 0.0651. The van der Waals surface area contributed by atoms with Gasteiger partial charge in [0.1, 0.15) is 0 Å². The Balaban J connectivity index is 1.55. The van der Waals surface area contributed by atoms with Crippen molar-refractivity contribution >= 4 is 11.8 Å². The molecule has 134 valence electrons. The predicted octanol–water partition coefficient (Wildman–Crippen LogP) is 3.12. The smallest absolute Gasteiger partial charge is 0.253 e. The van der Waals surface area contributed by atoms with E-state index in [9.17, 15) is 9.59 Å². The molecule has 26 heavy (non-hydrogen) atoms. The number of fused-ring (bicyclic) bond motifs is 1. The second-order valence-corrected chi connectivity index (χ2v) is 7.55. The topological polar surface area (TPSA) is 40.6 Å². The van der Waals surface area contributed by atoms with Crippen molar-refractivity contribution in [3.63, 3.8) is 0 Å². The second-order valence-electron chi connectivity index (χ2n) is 7.55. The van der Waals surface area contributed by atoms with Crippen LogP contribution in [0.15, 0.2) is 54.6 Å². The number of carbonyl (C=O) groups is 2. The van der Waals surface area contributed by atoms with Crippen molar-refractivity contribution in [1.82, 2.24) is 9.80 Å². The minimum Gasteiger partial charge on any atom is -0.341 e. The lowest BCUT2D eigenvalue weighted by Crippen LogP contribution is -2.50. The molecule has 0 N–H and O–H groups in total. The Kier molecular flexibility index (Phi) is 4.27. The van der Waals surface area contributed by atoms with Crippen LogP contribution in [-0.4, -0.2) is 41.8 Å². The fourth-order valence-electron chi connectivity index (χ4n) is 4.35. The first-order chi connectivity index (χ1) is 12.6. The summed E-state index contributed by atoms with van der Waals surface area (Å²) in [6.45, 7) is 1.94. The molecular weight excluding hydrogens is 324 g/mol. The molecule has 0 aromatic heterocycles. The number of hydrogen-bond acceptors (Lipinski definition) is 2. The maximum atomic E-state index is 13.2. The van der Waals surface area contributed by atoms with Gasteiger partial charge in [-0.25, -0.2) is 0 Å². The number of amides is 2. The Hall–Kier alpha value is -2.62. The molecule has 2 amide bonds. The summed E-state index contributed by atoms with van der Waals surface area (Å²) >= 11 is 0. The Bertz CT molecular complexity index is 823. The van der Waals surface area contributed by atoms with Gasteiger partial charge in [-0.05, 0) is 42.5 Å². The van der Waals surface area contributed by atoms with E-state index in [1.54, 1.807) is 0 Å². The van der Waals surface area contributed by atoms with E-state index in [0.29, 0.717) is 19.6 Å². The van der Waals surface area contributed by atoms with Crippen LogP contribution in [-0.2, 0) is 17.8 Å². The normalized spacial score (nSPS) is 19.2. The van der Waals surface area contributed by atoms with Crippen LogP contribution in [0.25, 0.3) is 0 Å². The molecule has 2 aromatic rings. The van der Waals surface area contributed by atoms with Crippen LogP contribution in [0.1, 0.15) is 34.3 Å². The Morgan fingerprint density at radius 2 is 1.54 bits per heavy atom. The molecule has 2 aliphatic heterocycles. The zero-order valence-corrected chi connectivity index (χ0v) is 15.1. The standard InChI is InChI=1S/C22H24N2O2/c1-23-16-19-10-6-5-9-18(19)15-22(21(23)26)11-13-24(14-12-22)20(25)17-7-3-2-4-8-17/h2-10H,11-16H2,1H3. The first-order valence-electron chi connectivity index (χ1n) is 9.26. The van der Waals surface area contributed by atoms with Crippen LogP contribution in [0.3, 0.4) is 0 Å². The summed E-state index contributed by atoms with van der Waals surface area (Å²) in [5, 5.41) is 0. The van der Waals surface area contributed by atoms with E-state index >= 15 is 0 Å². The number of piperidine rings is 1. The number of nitrogens with zero attached hydrogens (tertiary/aromatic N) is 2. The van der Waals surface area contributed by atoms with E-state index in [-0.39, 0.29) is 17.2 Å². The summed E-state index contributed by atoms with van der Waals surface area (Å²) in [5.41, 5.74) is 2.85. The lowest BCUT2D eigenvalue weighted by Gasteiger charge is -2.41. The molecule has 1 saturated heterocycles. The molecule has 2 aromatic carbocycles. The Morgan fingerprint density at radius 3 is 2.23 bits per heavy atom. The van der Waals surface area contributed by atoms with Gasteiger partial charge in [-0.3, -0.25) is 9.59 Å². The molecule has 4 rings (SSSR count). The Morgan fingerprint density at radius 1 is 0.923 bits per heavy atom. The quantitative estimate of drug-likeness (QED) is 0.794. The molecule has 4 nitrogen and oxygen atoms in total. The zero-order chi connectivity index (χ0) is 18.1. The van der Waals surface area contributed by atoms with E-state index in [4.69, 9.17) is 0 Å². The van der Waals surface area contributed by atoms with Gasteiger partial charge in [-0.1, -0.05) is 42.5 Å². The third-order valence-corrected chi connectivity index (χ3v) is 5.88. The van der Waals surface area contributed by atoms with Crippen molar-refractivity contribution in [3.8, 4) is 0 Å². The van der Waals surface area contributed by atoms with Gasteiger partial charge in [0.2, 0.25) is 5.91 Å². The fourth-order valence-corrected chi connectivity index (χ4v) is 4.35. The lowest BCUT2D eigenvalue weighted by atomic mass is 9.73. The van der Waals surface area contributed by atoms with Crippen molar-refractivity contribution in [2.45, 2.75) is 25.8 Å². The summed E-state index contributed by atoms with van der Waals surface area (Å²) in [6, 6.07) is 17.8. The average Bonchev–Trinajstić information content (AvgIpc) is 2.78. The zero-order valence-electron chi connectivity index (χ0n) is 15.1. The van der Waals surface area contributed by atoms with Gasteiger partial charge in [0.25, 0.3) is 5.91 Å². The summed E-state index contributed by atoms with van der Waals surface area (Å²) < 4.78 is 0. The number of hydrogen-bond donors (Lipinski definition) is 0. The molecule has 0 radical (unpaired) electrons. The third-order valence-electron chi connectivity index (χ3n) is 5.88. The highest BCUT2D eigenvalue weighted by atomic mass is 16.2. The highest BCUT2D eigenvalue weighted by Gasteiger charge is 2.45. The van der Waals surface area contributed by atoms with E-state index in [2.05, 4.69) is 18.2 Å². The molecule has 0 atom stereocenters. The summed E-state index contributed by atoms with van der Waals surface area (Å²) in [4.78, 5) is 29.6. The van der Waals surface area contributed by atoms with Gasteiger partial charge < -0.3 is 9.80 Å². The SMILES string of the molecule is CN1Cc2ccccc2CC2(CCN(C(=O)c3ccccc3)CC2)C1=O. The second kappa shape index (κ2) is 6.60. The maximum absolute atomic E-state index is 13.2.